The average molecular weight is 287 g/mol. The van der Waals surface area contributed by atoms with Gasteiger partial charge in [0.25, 0.3) is 0 Å². The highest BCUT2D eigenvalue weighted by Gasteiger charge is 2.06. The lowest BCUT2D eigenvalue weighted by atomic mass is 10.0. The normalized spacial score (nSPS) is 10.3. The minimum atomic E-state index is 0.326. The molecule has 0 aliphatic heterocycles. The van der Waals surface area contributed by atoms with Crippen LogP contribution in [0.25, 0.3) is 0 Å². The van der Waals surface area contributed by atoms with Crippen molar-refractivity contribution in [3.8, 4) is 11.8 Å². The van der Waals surface area contributed by atoms with Crippen molar-refractivity contribution in [3.05, 3.63) is 58.4 Å². The number of halogens is 1. The van der Waals surface area contributed by atoms with Gasteiger partial charge in [-0.3, -0.25) is 4.98 Å². The molecule has 0 amide bonds. The molecule has 0 saturated heterocycles. The molecule has 1 heterocycles. The van der Waals surface area contributed by atoms with E-state index in [-0.39, 0.29) is 0 Å². The van der Waals surface area contributed by atoms with Crippen LogP contribution in [0.3, 0.4) is 0 Å². The molecule has 0 aliphatic carbocycles. The van der Waals surface area contributed by atoms with Gasteiger partial charge < -0.3 is 4.74 Å². The minimum Gasteiger partial charge on any atom is -0.486 e. The minimum absolute atomic E-state index is 0.326. The second-order valence-corrected chi connectivity index (χ2v) is 5.19. The number of hydrogen-bond donors (Lipinski definition) is 0. The second kappa shape index (κ2) is 6.40. The van der Waals surface area contributed by atoms with Crippen molar-refractivity contribution >= 4 is 11.6 Å². The van der Waals surface area contributed by atoms with Crippen LogP contribution in [0.5, 0.6) is 5.75 Å². The number of nitriles is 1. The first-order valence-corrected chi connectivity index (χ1v) is 6.75. The molecule has 3 nitrogen and oxygen atoms in total. The quantitative estimate of drug-likeness (QED) is 0.841. The van der Waals surface area contributed by atoms with Gasteiger partial charge in [0.15, 0.2) is 0 Å². The molecule has 0 atom stereocenters. The van der Waals surface area contributed by atoms with Crippen LogP contribution in [-0.4, -0.2) is 4.98 Å². The molecule has 0 radical (unpaired) electrons. The SMILES string of the molecule is CC(C)c1ccc(OCc2ccc(C#N)cn2)c(Cl)c1. The van der Waals surface area contributed by atoms with E-state index in [0.29, 0.717) is 28.9 Å². The zero-order valence-electron chi connectivity index (χ0n) is 11.4. The van der Waals surface area contributed by atoms with Crippen molar-refractivity contribution in [3.63, 3.8) is 0 Å². The highest BCUT2D eigenvalue weighted by atomic mass is 35.5. The number of hydrogen-bond acceptors (Lipinski definition) is 3. The number of nitrogens with zero attached hydrogens (tertiary/aromatic N) is 2. The Hall–Kier alpha value is -2.05. The van der Waals surface area contributed by atoms with E-state index in [4.69, 9.17) is 21.6 Å². The summed E-state index contributed by atoms with van der Waals surface area (Å²) >= 11 is 6.20. The van der Waals surface area contributed by atoms with E-state index in [1.807, 2.05) is 24.3 Å². The second-order valence-electron chi connectivity index (χ2n) is 4.78. The number of aromatic nitrogens is 1. The van der Waals surface area contributed by atoms with E-state index < -0.39 is 0 Å². The van der Waals surface area contributed by atoms with E-state index in [9.17, 15) is 0 Å². The average Bonchev–Trinajstić information content (AvgIpc) is 2.46. The Bertz CT molecular complexity index is 630. The maximum Gasteiger partial charge on any atom is 0.138 e. The maximum atomic E-state index is 8.70. The van der Waals surface area contributed by atoms with E-state index in [2.05, 4.69) is 18.8 Å². The van der Waals surface area contributed by atoms with Gasteiger partial charge in [0, 0.05) is 6.20 Å². The van der Waals surface area contributed by atoms with Crippen molar-refractivity contribution in [1.82, 2.24) is 4.98 Å². The summed E-state index contributed by atoms with van der Waals surface area (Å²) in [7, 11) is 0. The third kappa shape index (κ3) is 3.49. The molecule has 2 rings (SSSR count). The molecular formula is C16H15ClN2O. The lowest BCUT2D eigenvalue weighted by molar-refractivity contribution is 0.301. The van der Waals surface area contributed by atoms with Crippen molar-refractivity contribution < 1.29 is 4.74 Å². The topological polar surface area (TPSA) is 45.9 Å². The third-order valence-electron chi connectivity index (χ3n) is 2.95. The number of rotatable bonds is 4. The van der Waals surface area contributed by atoms with Gasteiger partial charge in [-0.25, -0.2) is 0 Å². The number of ether oxygens (including phenoxy) is 1. The summed E-state index contributed by atoms with van der Waals surface area (Å²) in [4.78, 5) is 4.15. The zero-order chi connectivity index (χ0) is 14.5. The van der Waals surface area contributed by atoms with Crippen LogP contribution < -0.4 is 4.74 Å². The van der Waals surface area contributed by atoms with Crippen LogP contribution in [0.15, 0.2) is 36.5 Å². The molecule has 2 aromatic rings. The largest absolute Gasteiger partial charge is 0.486 e. The van der Waals surface area contributed by atoms with Crippen LogP contribution >= 0.6 is 11.6 Å². The first-order valence-electron chi connectivity index (χ1n) is 6.37. The van der Waals surface area contributed by atoms with Gasteiger partial charge >= 0.3 is 0 Å². The third-order valence-corrected chi connectivity index (χ3v) is 3.25. The van der Waals surface area contributed by atoms with Crippen LogP contribution in [0.4, 0.5) is 0 Å². The molecule has 1 aromatic carbocycles. The molecule has 0 bridgehead atoms. The fourth-order valence-corrected chi connectivity index (χ4v) is 1.96. The van der Waals surface area contributed by atoms with Crippen molar-refractivity contribution in [2.24, 2.45) is 0 Å². The molecule has 0 fully saturated rings. The van der Waals surface area contributed by atoms with E-state index in [1.54, 1.807) is 12.1 Å². The van der Waals surface area contributed by atoms with Crippen LogP contribution in [0, 0.1) is 11.3 Å². The van der Waals surface area contributed by atoms with E-state index in [0.717, 1.165) is 5.69 Å². The molecule has 0 N–H and O–H groups in total. The predicted octanol–water partition coefficient (Wildman–Crippen LogP) is 4.31. The molecule has 0 saturated carbocycles. The summed E-state index contributed by atoms with van der Waals surface area (Å²) < 4.78 is 5.65. The van der Waals surface area contributed by atoms with Gasteiger partial charge in [0.05, 0.1) is 16.3 Å². The van der Waals surface area contributed by atoms with Gasteiger partial charge in [-0.1, -0.05) is 31.5 Å². The van der Waals surface area contributed by atoms with Crippen LogP contribution in [0.2, 0.25) is 5.02 Å². The van der Waals surface area contributed by atoms with Gasteiger partial charge in [-0.2, -0.15) is 5.26 Å². The first kappa shape index (κ1) is 14.4. The summed E-state index contributed by atoms with van der Waals surface area (Å²) in [6.07, 6.45) is 1.53. The lowest BCUT2D eigenvalue weighted by Gasteiger charge is -2.11. The summed E-state index contributed by atoms with van der Waals surface area (Å²) in [6.45, 7) is 4.56. The van der Waals surface area contributed by atoms with Gasteiger partial charge in [-0.05, 0) is 35.7 Å². The van der Waals surface area contributed by atoms with Crippen LogP contribution in [-0.2, 0) is 6.61 Å². The van der Waals surface area contributed by atoms with E-state index in [1.165, 1.54) is 11.8 Å². The Morgan fingerprint density at radius 1 is 1.30 bits per heavy atom. The first-order chi connectivity index (χ1) is 9.60. The molecular weight excluding hydrogens is 272 g/mol. The Labute approximate surface area is 123 Å². The Balaban J connectivity index is 2.05. The molecule has 0 aliphatic rings. The lowest BCUT2D eigenvalue weighted by Crippen LogP contribution is -1.99. The fourth-order valence-electron chi connectivity index (χ4n) is 1.72. The zero-order valence-corrected chi connectivity index (χ0v) is 12.2. The summed E-state index contributed by atoms with van der Waals surface area (Å²) in [5.74, 6) is 1.07. The molecule has 102 valence electrons. The standard InChI is InChI=1S/C16H15ClN2O/c1-11(2)13-4-6-16(15(17)7-13)20-10-14-5-3-12(8-18)9-19-14/h3-7,9,11H,10H2,1-2H3. The Morgan fingerprint density at radius 3 is 2.65 bits per heavy atom. The molecule has 0 unspecified atom stereocenters. The highest BCUT2D eigenvalue weighted by Crippen LogP contribution is 2.28. The van der Waals surface area contributed by atoms with Gasteiger partial charge in [-0.15, -0.1) is 0 Å². The molecule has 1 aromatic heterocycles. The summed E-state index contributed by atoms with van der Waals surface area (Å²) in [5, 5.41) is 9.31. The van der Waals surface area contributed by atoms with Crippen molar-refractivity contribution in [2.45, 2.75) is 26.4 Å². The molecule has 0 spiro atoms. The number of benzene rings is 1. The highest BCUT2D eigenvalue weighted by molar-refractivity contribution is 6.32. The monoisotopic (exact) mass is 286 g/mol. The summed E-state index contributed by atoms with van der Waals surface area (Å²) in [5.41, 5.74) is 2.47. The van der Waals surface area contributed by atoms with Gasteiger partial charge in [0.1, 0.15) is 18.4 Å². The van der Waals surface area contributed by atoms with Crippen LogP contribution in [0.1, 0.15) is 36.6 Å². The van der Waals surface area contributed by atoms with Crippen molar-refractivity contribution in [2.75, 3.05) is 0 Å². The summed E-state index contributed by atoms with van der Waals surface area (Å²) in [6, 6.07) is 11.3. The Morgan fingerprint density at radius 2 is 2.10 bits per heavy atom. The predicted molar refractivity (Wildman–Crippen MR) is 78.8 cm³/mol. The fraction of sp³-hybridized carbons (Fsp3) is 0.250. The molecule has 20 heavy (non-hydrogen) atoms. The molecule has 4 heteroatoms. The smallest absolute Gasteiger partial charge is 0.138 e. The Kier molecular flexibility index (Phi) is 4.60. The number of pyridine rings is 1. The van der Waals surface area contributed by atoms with E-state index >= 15 is 0 Å². The maximum absolute atomic E-state index is 8.70. The van der Waals surface area contributed by atoms with Crippen molar-refractivity contribution in [1.29, 1.82) is 5.26 Å². The van der Waals surface area contributed by atoms with Gasteiger partial charge in [0.2, 0.25) is 0 Å².